The van der Waals surface area contributed by atoms with Crippen LogP contribution < -0.4 is 5.32 Å². The summed E-state index contributed by atoms with van der Waals surface area (Å²) in [7, 11) is 0. The minimum atomic E-state index is -0.415. The molecular formula is C14H12FIN2O2. The third-order valence-corrected chi connectivity index (χ3v) is 3.74. The van der Waals surface area contributed by atoms with Crippen molar-refractivity contribution in [3.63, 3.8) is 0 Å². The van der Waals surface area contributed by atoms with Crippen LogP contribution in [0.4, 0.5) is 15.8 Å². The van der Waals surface area contributed by atoms with E-state index in [1.165, 1.54) is 18.2 Å². The molecule has 1 atom stereocenters. The maximum absolute atomic E-state index is 13.2. The summed E-state index contributed by atoms with van der Waals surface area (Å²) in [4.78, 5) is 10.3. The molecule has 0 aliphatic rings. The standard InChI is InChI=1S/C14H12FIN2O2/c1-9(10-3-2-4-11(15)7-10)17-12-5-6-14(18(19)20)13(16)8-12/h2-9,17H,1H3. The van der Waals surface area contributed by atoms with Gasteiger partial charge in [-0.2, -0.15) is 0 Å². The Morgan fingerprint density at radius 2 is 2.05 bits per heavy atom. The van der Waals surface area contributed by atoms with E-state index >= 15 is 0 Å². The second kappa shape index (κ2) is 6.17. The predicted octanol–water partition coefficient (Wildman–Crippen LogP) is 4.51. The fraction of sp³-hybridized carbons (Fsp3) is 0.143. The van der Waals surface area contributed by atoms with Crippen LogP contribution in [0.3, 0.4) is 0 Å². The lowest BCUT2D eigenvalue weighted by Crippen LogP contribution is -2.07. The monoisotopic (exact) mass is 386 g/mol. The zero-order valence-corrected chi connectivity index (χ0v) is 12.8. The summed E-state index contributed by atoms with van der Waals surface area (Å²) >= 11 is 1.93. The van der Waals surface area contributed by atoms with Crippen molar-refractivity contribution in [1.82, 2.24) is 0 Å². The lowest BCUT2D eigenvalue weighted by atomic mass is 10.1. The molecule has 0 aliphatic heterocycles. The highest BCUT2D eigenvalue weighted by Gasteiger charge is 2.13. The number of nitrogens with one attached hydrogen (secondary N) is 1. The summed E-state index contributed by atoms with van der Waals surface area (Å²) in [6.07, 6.45) is 0. The second-order valence-electron chi connectivity index (χ2n) is 4.34. The van der Waals surface area contributed by atoms with E-state index in [0.717, 1.165) is 11.3 Å². The Labute approximate surface area is 129 Å². The Hall–Kier alpha value is -1.70. The molecule has 104 valence electrons. The summed E-state index contributed by atoms with van der Waals surface area (Å²) in [5, 5.41) is 14.0. The molecule has 2 rings (SSSR count). The van der Waals surface area contributed by atoms with Gasteiger partial charge >= 0.3 is 0 Å². The van der Waals surface area contributed by atoms with Gasteiger partial charge in [-0.05, 0) is 59.3 Å². The third kappa shape index (κ3) is 3.44. The molecule has 0 heterocycles. The molecule has 4 nitrogen and oxygen atoms in total. The molecule has 1 N–H and O–H groups in total. The Morgan fingerprint density at radius 3 is 2.65 bits per heavy atom. The average molecular weight is 386 g/mol. The van der Waals surface area contributed by atoms with Crippen molar-refractivity contribution in [2.45, 2.75) is 13.0 Å². The number of halogens is 2. The van der Waals surface area contributed by atoms with Crippen LogP contribution in [0.5, 0.6) is 0 Å². The summed E-state index contributed by atoms with van der Waals surface area (Å²) in [6, 6.07) is 11.1. The third-order valence-electron chi connectivity index (χ3n) is 2.88. The molecule has 0 fully saturated rings. The van der Waals surface area contributed by atoms with E-state index in [2.05, 4.69) is 5.32 Å². The van der Waals surface area contributed by atoms with Gasteiger partial charge in [0.2, 0.25) is 0 Å². The SMILES string of the molecule is CC(Nc1ccc([N+](=O)[O-])c(I)c1)c1cccc(F)c1. The highest BCUT2D eigenvalue weighted by atomic mass is 127. The van der Waals surface area contributed by atoms with Crippen LogP contribution in [0.1, 0.15) is 18.5 Å². The van der Waals surface area contributed by atoms with Crippen LogP contribution in [-0.2, 0) is 0 Å². The van der Waals surface area contributed by atoms with E-state index in [1.807, 2.05) is 35.6 Å². The van der Waals surface area contributed by atoms with Crippen LogP contribution in [0, 0.1) is 19.5 Å². The number of nitrogens with zero attached hydrogens (tertiary/aromatic N) is 1. The lowest BCUT2D eigenvalue weighted by Gasteiger charge is -2.16. The summed E-state index contributed by atoms with van der Waals surface area (Å²) in [5.41, 5.74) is 1.66. The largest absolute Gasteiger partial charge is 0.378 e. The smallest absolute Gasteiger partial charge is 0.282 e. The van der Waals surface area contributed by atoms with Crippen molar-refractivity contribution in [3.05, 3.63) is 67.5 Å². The Balaban J connectivity index is 2.18. The van der Waals surface area contributed by atoms with Crippen LogP contribution in [0.2, 0.25) is 0 Å². The van der Waals surface area contributed by atoms with Gasteiger partial charge in [-0.15, -0.1) is 0 Å². The van der Waals surface area contributed by atoms with Crippen molar-refractivity contribution in [2.24, 2.45) is 0 Å². The van der Waals surface area contributed by atoms with E-state index < -0.39 is 4.92 Å². The van der Waals surface area contributed by atoms with Gasteiger partial charge in [0.15, 0.2) is 0 Å². The molecule has 6 heteroatoms. The average Bonchev–Trinajstić information content (AvgIpc) is 2.38. The number of anilines is 1. The molecule has 0 saturated heterocycles. The van der Waals surface area contributed by atoms with Crippen LogP contribution in [0.15, 0.2) is 42.5 Å². The van der Waals surface area contributed by atoms with E-state index in [9.17, 15) is 14.5 Å². The number of hydrogen-bond acceptors (Lipinski definition) is 3. The number of nitro benzene ring substituents is 1. The van der Waals surface area contributed by atoms with Gasteiger partial charge in [-0.1, -0.05) is 12.1 Å². The molecule has 0 bridgehead atoms. The Bertz CT molecular complexity index is 649. The van der Waals surface area contributed by atoms with Crippen LogP contribution in [-0.4, -0.2) is 4.92 Å². The van der Waals surface area contributed by atoms with Crippen molar-refractivity contribution in [2.75, 3.05) is 5.32 Å². The fourth-order valence-electron chi connectivity index (χ4n) is 1.85. The van der Waals surface area contributed by atoms with Crippen LogP contribution in [0.25, 0.3) is 0 Å². The van der Waals surface area contributed by atoms with E-state index in [4.69, 9.17) is 0 Å². The van der Waals surface area contributed by atoms with E-state index in [0.29, 0.717) is 3.57 Å². The van der Waals surface area contributed by atoms with Crippen molar-refractivity contribution < 1.29 is 9.31 Å². The number of hydrogen-bond donors (Lipinski definition) is 1. The summed E-state index contributed by atoms with van der Waals surface area (Å²) in [5.74, 6) is -0.283. The van der Waals surface area contributed by atoms with Gasteiger partial charge in [0.05, 0.1) is 8.49 Å². The van der Waals surface area contributed by atoms with Gasteiger partial charge in [-0.25, -0.2) is 4.39 Å². The van der Waals surface area contributed by atoms with Gasteiger partial charge in [0.1, 0.15) is 5.82 Å². The van der Waals surface area contributed by atoms with E-state index in [-0.39, 0.29) is 17.5 Å². The Morgan fingerprint density at radius 1 is 1.30 bits per heavy atom. The minimum Gasteiger partial charge on any atom is -0.378 e. The summed E-state index contributed by atoms with van der Waals surface area (Å²) in [6.45, 7) is 1.91. The van der Waals surface area contributed by atoms with Gasteiger partial charge in [-0.3, -0.25) is 10.1 Å². The minimum absolute atomic E-state index is 0.0783. The maximum atomic E-state index is 13.2. The van der Waals surface area contributed by atoms with Gasteiger partial charge < -0.3 is 5.32 Å². The first kappa shape index (κ1) is 14.7. The molecule has 0 spiro atoms. The van der Waals surface area contributed by atoms with E-state index in [1.54, 1.807) is 18.2 Å². The van der Waals surface area contributed by atoms with Crippen molar-refractivity contribution in [3.8, 4) is 0 Å². The second-order valence-corrected chi connectivity index (χ2v) is 5.51. The Kier molecular flexibility index (Phi) is 4.53. The quantitative estimate of drug-likeness (QED) is 0.478. The first-order chi connectivity index (χ1) is 9.47. The molecule has 0 aliphatic carbocycles. The van der Waals surface area contributed by atoms with Gasteiger partial charge in [0.25, 0.3) is 5.69 Å². The highest BCUT2D eigenvalue weighted by Crippen LogP contribution is 2.26. The normalized spacial score (nSPS) is 11.9. The number of nitro groups is 1. The molecular weight excluding hydrogens is 374 g/mol. The topological polar surface area (TPSA) is 55.2 Å². The molecule has 0 aromatic heterocycles. The summed E-state index contributed by atoms with van der Waals surface area (Å²) < 4.78 is 13.7. The van der Waals surface area contributed by atoms with Crippen molar-refractivity contribution in [1.29, 1.82) is 0 Å². The molecule has 20 heavy (non-hydrogen) atoms. The molecule has 1 unspecified atom stereocenters. The first-order valence-corrected chi connectivity index (χ1v) is 7.01. The zero-order chi connectivity index (χ0) is 14.7. The van der Waals surface area contributed by atoms with Gasteiger partial charge in [0, 0.05) is 17.8 Å². The molecule has 0 saturated carbocycles. The molecule has 0 amide bonds. The molecule has 2 aromatic rings. The van der Waals surface area contributed by atoms with Crippen LogP contribution >= 0.6 is 22.6 Å². The molecule has 2 aromatic carbocycles. The maximum Gasteiger partial charge on any atom is 0.282 e. The fourth-order valence-corrected chi connectivity index (χ4v) is 2.57. The number of benzene rings is 2. The number of rotatable bonds is 4. The first-order valence-electron chi connectivity index (χ1n) is 5.93. The molecule has 0 radical (unpaired) electrons. The predicted molar refractivity (Wildman–Crippen MR) is 84.3 cm³/mol. The van der Waals surface area contributed by atoms with Crippen molar-refractivity contribution >= 4 is 34.0 Å². The zero-order valence-electron chi connectivity index (χ0n) is 10.6. The lowest BCUT2D eigenvalue weighted by molar-refractivity contribution is -0.385. The highest BCUT2D eigenvalue weighted by molar-refractivity contribution is 14.1.